The van der Waals surface area contributed by atoms with E-state index in [1.165, 1.54) is 10.5 Å². The van der Waals surface area contributed by atoms with Crippen LogP contribution in [0, 0.1) is 6.42 Å². The van der Waals surface area contributed by atoms with E-state index in [0.717, 1.165) is 0 Å². The van der Waals surface area contributed by atoms with Gasteiger partial charge in [-0.2, -0.15) is 0 Å². The number of allylic oxidation sites excluding steroid dienone is 4. The van der Waals surface area contributed by atoms with E-state index < -0.39 is 3.78 Å². The molecule has 2 rings (SSSR count). The number of hydrogen-bond donors (Lipinski definition) is 0. The van der Waals surface area contributed by atoms with E-state index in [0.29, 0.717) is 0 Å². The number of halogens is 2. The zero-order valence-electron chi connectivity index (χ0n) is 6.71. The lowest BCUT2D eigenvalue weighted by Crippen LogP contribution is -2.09. The summed E-state index contributed by atoms with van der Waals surface area (Å²) in [5.41, 5.74) is 1.21. The Hall–Kier alpha value is -0.0500. The molecule has 3 heteroatoms. The summed E-state index contributed by atoms with van der Waals surface area (Å²) in [5, 5.41) is 2.07. The average molecular weight is 275 g/mol. The first-order chi connectivity index (χ1) is 6.17. The largest absolute Gasteiger partial charge is 0.144 e. The lowest BCUT2D eigenvalue weighted by atomic mass is 10.1. The maximum Gasteiger partial charge on any atom is 0.124 e. The highest BCUT2D eigenvalue weighted by atomic mass is 79.9. The molecule has 1 aromatic rings. The van der Waals surface area contributed by atoms with E-state index in [1.54, 1.807) is 11.3 Å². The molecular weight excluding hydrogens is 268 g/mol. The third-order valence-electron chi connectivity index (χ3n) is 1.78. The Morgan fingerprint density at radius 3 is 2.85 bits per heavy atom. The second-order valence-corrected chi connectivity index (χ2v) is 6.12. The van der Waals surface area contributed by atoms with Gasteiger partial charge in [-0.25, -0.2) is 0 Å². The van der Waals surface area contributed by atoms with Crippen LogP contribution < -0.4 is 0 Å². The lowest BCUT2D eigenvalue weighted by molar-refractivity contribution is 1.21. The highest BCUT2D eigenvalue weighted by molar-refractivity contribution is 9.10. The van der Waals surface area contributed by atoms with E-state index in [1.807, 2.05) is 30.7 Å². The SMILES string of the molecule is ClC1(Br)[CH]C=C(c2cccs2)C=C1. The van der Waals surface area contributed by atoms with Gasteiger partial charge < -0.3 is 0 Å². The smallest absolute Gasteiger partial charge is 0.124 e. The standard InChI is InChI=1S/C10H7BrClS/c11-10(12)5-3-8(4-6-10)9-2-1-7-13-9/h1-7H. The first-order valence-electron chi connectivity index (χ1n) is 3.84. The zero-order valence-corrected chi connectivity index (χ0v) is 9.86. The van der Waals surface area contributed by atoms with Crippen LogP contribution in [0.2, 0.25) is 0 Å². The second-order valence-electron chi connectivity index (χ2n) is 2.77. The Balaban J connectivity index is 2.23. The molecule has 0 N–H and O–H groups in total. The Labute approximate surface area is 95.0 Å². The molecule has 0 amide bonds. The summed E-state index contributed by atoms with van der Waals surface area (Å²) in [4.78, 5) is 1.27. The Bertz CT molecular complexity index is 349. The van der Waals surface area contributed by atoms with Crippen molar-refractivity contribution in [1.82, 2.24) is 0 Å². The van der Waals surface area contributed by atoms with E-state index in [-0.39, 0.29) is 0 Å². The van der Waals surface area contributed by atoms with Gasteiger partial charge in [0.1, 0.15) is 3.78 Å². The van der Waals surface area contributed by atoms with Crippen LogP contribution in [0.4, 0.5) is 0 Å². The molecule has 1 unspecified atom stereocenters. The van der Waals surface area contributed by atoms with E-state index in [4.69, 9.17) is 11.6 Å². The number of thiophene rings is 1. The van der Waals surface area contributed by atoms with Crippen LogP contribution in [0.15, 0.2) is 35.7 Å². The fourth-order valence-corrected chi connectivity index (χ4v) is 2.24. The molecule has 1 aliphatic rings. The van der Waals surface area contributed by atoms with Gasteiger partial charge in [-0.3, -0.25) is 0 Å². The van der Waals surface area contributed by atoms with Crippen molar-refractivity contribution < 1.29 is 0 Å². The summed E-state index contributed by atoms with van der Waals surface area (Å²) < 4.78 is -0.492. The molecule has 0 spiro atoms. The quantitative estimate of drug-likeness (QED) is 0.672. The summed E-state index contributed by atoms with van der Waals surface area (Å²) in [6.07, 6.45) is 7.94. The second kappa shape index (κ2) is 3.60. The van der Waals surface area contributed by atoms with Gasteiger partial charge in [0, 0.05) is 11.3 Å². The predicted molar refractivity (Wildman–Crippen MR) is 63.2 cm³/mol. The van der Waals surface area contributed by atoms with Gasteiger partial charge in [-0.05, 0) is 17.0 Å². The van der Waals surface area contributed by atoms with Crippen LogP contribution in [0.5, 0.6) is 0 Å². The highest BCUT2D eigenvalue weighted by Gasteiger charge is 2.21. The Morgan fingerprint density at radius 2 is 2.31 bits per heavy atom. The third kappa shape index (κ3) is 2.25. The molecule has 67 valence electrons. The highest BCUT2D eigenvalue weighted by Crippen LogP contribution is 2.36. The molecule has 0 bridgehead atoms. The van der Waals surface area contributed by atoms with Gasteiger partial charge in [-0.1, -0.05) is 40.2 Å². The minimum absolute atomic E-state index is 0.492. The molecule has 0 aromatic carbocycles. The van der Waals surface area contributed by atoms with Crippen molar-refractivity contribution >= 4 is 44.4 Å². The molecule has 0 saturated heterocycles. The molecule has 13 heavy (non-hydrogen) atoms. The van der Waals surface area contributed by atoms with Crippen molar-refractivity contribution in [3.8, 4) is 0 Å². The predicted octanol–water partition coefficient (Wildman–Crippen LogP) is 4.24. The van der Waals surface area contributed by atoms with E-state index in [9.17, 15) is 0 Å². The van der Waals surface area contributed by atoms with Crippen LogP contribution in [-0.4, -0.2) is 3.78 Å². The topological polar surface area (TPSA) is 0 Å². The zero-order chi connectivity index (χ0) is 9.31. The number of hydrogen-bond acceptors (Lipinski definition) is 1. The van der Waals surface area contributed by atoms with Crippen LogP contribution in [0.3, 0.4) is 0 Å². The van der Waals surface area contributed by atoms with Crippen LogP contribution in [-0.2, 0) is 0 Å². The fourth-order valence-electron chi connectivity index (χ4n) is 1.12. The molecule has 1 aromatic heterocycles. The maximum absolute atomic E-state index is 6.03. The summed E-state index contributed by atoms with van der Waals surface area (Å²) in [6.45, 7) is 0. The number of rotatable bonds is 1. The first-order valence-corrected chi connectivity index (χ1v) is 5.90. The van der Waals surface area contributed by atoms with Crippen molar-refractivity contribution in [3.63, 3.8) is 0 Å². The van der Waals surface area contributed by atoms with Crippen molar-refractivity contribution in [1.29, 1.82) is 0 Å². The van der Waals surface area contributed by atoms with E-state index in [2.05, 4.69) is 27.4 Å². The van der Waals surface area contributed by atoms with Gasteiger partial charge >= 0.3 is 0 Å². The van der Waals surface area contributed by atoms with E-state index >= 15 is 0 Å². The lowest BCUT2D eigenvalue weighted by Gasteiger charge is -2.17. The van der Waals surface area contributed by atoms with Gasteiger partial charge in [0.05, 0.1) is 0 Å². The summed E-state index contributed by atoms with van der Waals surface area (Å²) in [5.74, 6) is 0. The fraction of sp³-hybridized carbons (Fsp3) is 0.100. The van der Waals surface area contributed by atoms with Crippen molar-refractivity contribution in [2.75, 3.05) is 0 Å². The monoisotopic (exact) mass is 273 g/mol. The molecule has 1 heterocycles. The summed E-state index contributed by atoms with van der Waals surface area (Å²) >= 11 is 11.1. The molecular formula is C10H7BrClS. The van der Waals surface area contributed by atoms with Gasteiger partial charge in [0.2, 0.25) is 0 Å². The van der Waals surface area contributed by atoms with Crippen LogP contribution in [0.1, 0.15) is 4.88 Å². The molecule has 0 aliphatic heterocycles. The van der Waals surface area contributed by atoms with Crippen LogP contribution >= 0.6 is 38.9 Å². The number of alkyl halides is 2. The molecule has 0 nitrogen and oxygen atoms in total. The average Bonchev–Trinajstić information content (AvgIpc) is 2.56. The third-order valence-corrected chi connectivity index (χ3v) is 3.48. The maximum atomic E-state index is 6.03. The Kier molecular flexibility index (Phi) is 2.63. The van der Waals surface area contributed by atoms with Crippen molar-refractivity contribution in [3.05, 3.63) is 47.0 Å². The van der Waals surface area contributed by atoms with Gasteiger partial charge in [-0.15, -0.1) is 22.9 Å². The van der Waals surface area contributed by atoms with Gasteiger partial charge in [0.25, 0.3) is 0 Å². The first kappa shape index (κ1) is 9.50. The normalized spacial score (nSPS) is 27.4. The van der Waals surface area contributed by atoms with Crippen molar-refractivity contribution in [2.45, 2.75) is 3.78 Å². The Morgan fingerprint density at radius 1 is 1.46 bits per heavy atom. The molecule has 0 fully saturated rings. The molecule has 1 aliphatic carbocycles. The van der Waals surface area contributed by atoms with Gasteiger partial charge in [0.15, 0.2) is 0 Å². The molecule has 0 saturated carbocycles. The minimum atomic E-state index is -0.492. The molecule has 1 atom stereocenters. The van der Waals surface area contributed by atoms with Crippen molar-refractivity contribution in [2.24, 2.45) is 0 Å². The summed E-state index contributed by atoms with van der Waals surface area (Å²) in [6, 6.07) is 4.15. The molecule has 1 radical (unpaired) electrons. The summed E-state index contributed by atoms with van der Waals surface area (Å²) in [7, 11) is 0. The minimum Gasteiger partial charge on any atom is -0.144 e. The van der Waals surface area contributed by atoms with Crippen LogP contribution in [0.25, 0.3) is 5.57 Å².